The van der Waals surface area contributed by atoms with Crippen LogP contribution in [0.15, 0.2) is 0 Å². The number of carbonyl (C=O) groups excluding carboxylic acids is 1. The lowest BCUT2D eigenvalue weighted by Crippen LogP contribution is -2.50. The monoisotopic (exact) mass is 268 g/mol. The minimum atomic E-state index is -0.943. The Morgan fingerprint density at radius 3 is 2.37 bits per heavy atom. The van der Waals surface area contributed by atoms with Crippen molar-refractivity contribution in [2.75, 3.05) is 13.1 Å². The van der Waals surface area contributed by atoms with Gasteiger partial charge in [-0.1, -0.05) is 26.7 Å². The van der Waals surface area contributed by atoms with Crippen LogP contribution in [0.1, 0.15) is 39.5 Å². The van der Waals surface area contributed by atoms with Crippen LogP contribution in [0.25, 0.3) is 0 Å². The van der Waals surface area contributed by atoms with Gasteiger partial charge in [0, 0.05) is 13.1 Å². The number of hydrogen-bond acceptors (Lipinski definition) is 2. The summed E-state index contributed by atoms with van der Waals surface area (Å²) in [6.07, 6.45) is 4.43. The van der Waals surface area contributed by atoms with E-state index >= 15 is 0 Å². The number of carbonyl (C=O) groups is 2. The average Bonchev–Trinajstić information content (AvgIpc) is 2.94. The number of carboxylic acids is 1. The number of nitrogens with zero attached hydrogens (tertiary/aromatic N) is 1. The Balaban J connectivity index is 1.91. The van der Waals surface area contributed by atoms with Crippen LogP contribution >= 0.6 is 0 Å². The Hall–Kier alpha value is -1.26. The Kier molecular flexibility index (Phi) is 4.32. The van der Waals surface area contributed by atoms with Crippen molar-refractivity contribution >= 4 is 12.0 Å². The number of likely N-dealkylation sites (tertiary alicyclic amines) is 1. The maximum absolute atomic E-state index is 12.2. The molecule has 4 atom stereocenters. The fourth-order valence-electron chi connectivity index (χ4n) is 3.31. The topological polar surface area (TPSA) is 69.6 Å². The summed E-state index contributed by atoms with van der Waals surface area (Å²) in [5, 5.41) is 11.9. The van der Waals surface area contributed by atoms with E-state index in [0.29, 0.717) is 11.8 Å². The molecule has 0 radical (unpaired) electrons. The van der Waals surface area contributed by atoms with Gasteiger partial charge in [-0.05, 0) is 30.6 Å². The van der Waals surface area contributed by atoms with Gasteiger partial charge < -0.3 is 15.3 Å². The van der Waals surface area contributed by atoms with Gasteiger partial charge in [-0.2, -0.15) is 0 Å². The van der Waals surface area contributed by atoms with Crippen LogP contribution in [0.5, 0.6) is 0 Å². The molecule has 5 nitrogen and oxygen atoms in total. The Labute approximate surface area is 114 Å². The highest BCUT2D eigenvalue weighted by Crippen LogP contribution is 2.37. The van der Waals surface area contributed by atoms with Crippen molar-refractivity contribution in [1.82, 2.24) is 10.2 Å². The number of nitrogens with one attached hydrogen (secondary N) is 1. The van der Waals surface area contributed by atoms with E-state index in [1.807, 2.05) is 13.8 Å². The normalized spacial score (nSPS) is 28.8. The van der Waals surface area contributed by atoms with E-state index in [2.05, 4.69) is 5.32 Å². The number of amides is 2. The number of aliphatic carboxylic acids is 1. The smallest absolute Gasteiger partial charge is 0.326 e. The quantitative estimate of drug-likeness (QED) is 0.818. The van der Waals surface area contributed by atoms with Crippen molar-refractivity contribution < 1.29 is 14.7 Å². The first-order chi connectivity index (χ1) is 9.02. The predicted octanol–water partition coefficient (Wildman–Crippen LogP) is 1.93. The minimum absolute atomic E-state index is 0.0523. The highest BCUT2D eigenvalue weighted by atomic mass is 16.4. The van der Waals surface area contributed by atoms with Crippen LogP contribution in [0.2, 0.25) is 0 Å². The zero-order valence-electron chi connectivity index (χ0n) is 11.8. The molecule has 19 heavy (non-hydrogen) atoms. The first kappa shape index (κ1) is 14.2. The molecule has 108 valence electrons. The highest BCUT2D eigenvalue weighted by Gasteiger charge is 2.39. The largest absolute Gasteiger partial charge is 0.480 e. The molecule has 2 fully saturated rings. The third-order valence-electron chi connectivity index (χ3n) is 4.77. The first-order valence-electron chi connectivity index (χ1n) is 7.31. The standard InChI is InChI=1S/C14H24N2O3/c1-3-9(2)12(13(17)18)15-14(19)16-7-10-5-4-6-11(10)8-16/h9-12H,3-8H2,1-2H3,(H,15,19)(H,17,18)/t9?,10?,11?,12-/m0/s1. The maximum atomic E-state index is 12.2. The molecular formula is C14H24N2O3. The van der Waals surface area contributed by atoms with E-state index in [4.69, 9.17) is 0 Å². The van der Waals surface area contributed by atoms with Crippen molar-refractivity contribution in [3.8, 4) is 0 Å². The van der Waals surface area contributed by atoms with Crippen molar-refractivity contribution in [3.05, 3.63) is 0 Å². The average molecular weight is 268 g/mol. The molecule has 1 aliphatic carbocycles. The van der Waals surface area contributed by atoms with Gasteiger partial charge in [-0.25, -0.2) is 9.59 Å². The van der Waals surface area contributed by atoms with E-state index < -0.39 is 12.0 Å². The van der Waals surface area contributed by atoms with E-state index in [1.165, 1.54) is 19.3 Å². The van der Waals surface area contributed by atoms with E-state index in [-0.39, 0.29) is 11.9 Å². The van der Waals surface area contributed by atoms with E-state index in [1.54, 1.807) is 4.90 Å². The first-order valence-corrected chi connectivity index (χ1v) is 7.31. The zero-order valence-corrected chi connectivity index (χ0v) is 11.8. The third-order valence-corrected chi connectivity index (χ3v) is 4.77. The predicted molar refractivity (Wildman–Crippen MR) is 71.8 cm³/mol. The molecule has 2 N–H and O–H groups in total. The molecule has 2 aliphatic rings. The van der Waals surface area contributed by atoms with E-state index in [9.17, 15) is 14.7 Å². The van der Waals surface area contributed by atoms with Crippen molar-refractivity contribution in [2.24, 2.45) is 17.8 Å². The lowest BCUT2D eigenvalue weighted by atomic mass is 9.99. The zero-order chi connectivity index (χ0) is 14.0. The van der Waals surface area contributed by atoms with Crippen LogP contribution in [0.4, 0.5) is 4.79 Å². The molecular weight excluding hydrogens is 244 g/mol. The van der Waals surface area contributed by atoms with Gasteiger partial charge in [-0.3, -0.25) is 0 Å². The number of rotatable bonds is 4. The van der Waals surface area contributed by atoms with Crippen LogP contribution in [-0.4, -0.2) is 41.1 Å². The molecule has 1 saturated heterocycles. The van der Waals surface area contributed by atoms with Crippen molar-refractivity contribution in [2.45, 2.75) is 45.6 Å². The number of carboxylic acid groups (broad SMARTS) is 1. The van der Waals surface area contributed by atoms with Crippen LogP contribution in [-0.2, 0) is 4.79 Å². The SMILES string of the molecule is CCC(C)[C@H](NC(=O)N1CC2CCCC2C1)C(=O)O. The second-order valence-electron chi connectivity index (χ2n) is 6.01. The summed E-state index contributed by atoms with van der Waals surface area (Å²) < 4.78 is 0. The number of hydrogen-bond donors (Lipinski definition) is 2. The summed E-state index contributed by atoms with van der Waals surface area (Å²) in [5.41, 5.74) is 0. The van der Waals surface area contributed by atoms with Gasteiger partial charge in [0.25, 0.3) is 0 Å². The summed E-state index contributed by atoms with van der Waals surface area (Å²) in [6, 6.07) is -0.986. The molecule has 2 amide bonds. The van der Waals surface area contributed by atoms with Gasteiger partial charge in [0.05, 0.1) is 0 Å². The molecule has 1 heterocycles. The lowest BCUT2D eigenvalue weighted by Gasteiger charge is -2.24. The summed E-state index contributed by atoms with van der Waals surface area (Å²) in [7, 11) is 0. The Morgan fingerprint density at radius 1 is 1.32 bits per heavy atom. The van der Waals surface area contributed by atoms with E-state index in [0.717, 1.165) is 19.5 Å². The van der Waals surface area contributed by atoms with Gasteiger partial charge in [-0.15, -0.1) is 0 Å². The summed E-state index contributed by atoms with van der Waals surface area (Å²) in [6.45, 7) is 5.39. The molecule has 1 saturated carbocycles. The molecule has 0 spiro atoms. The minimum Gasteiger partial charge on any atom is -0.480 e. The molecule has 5 heteroatoms. The van der Waals surface area contributed by atoms with Crippen molar-refractivity contribution in [1.29, 1.82) is 0 Å². The molecule has 0 aromatic heterocycles. The molecule has 0 aromatic carbocycles. The molecule has 0 bridgehead atoms. The van der Waals surface area contributed by atoms with Gasteiger partial charge in [0.1, 0.15) is 6.04 Å². The summed E-state index contributed by atoms with van der Waals surface area (Å²) in [5.74, 6) is 0.279. The summed E-state index contributed by atoms with van der Waals surface area (Å²) in [4.78, 5) is 25.2. The van der Waals surface area contributed by atoms with Crippen LogP contribution < -0.4 is 5.32 Å². The molecule has 0 aromatic rings. The van der Waals surface area contributed by atoms with Crippen molar-refractivity contribution in [3.63, 3.8) is 0 Å². The van der Waals surface area contributed by atoms with Crippen LogP contribution in [0.3, 0.4) is 0 Å². The second kappa shape index (κ2) is 5.80. The Morgan fingerprint density at radius 2 is 1.89 bits per heavy atom. The molecule has 2 rings (SSSR count). The fourth-order valence-corrected chi connectivity index (χ4v) is 3.31. The number of urea groups is 1. The highest BCUT2D eigenvalue weighted by molar-refractivity contribution is 5.83. The third kappa shape index (κ3) is 3.01. The lowest BCUT2D eigenvalue weighted by molar-refractivity contribution is -0.140. The van der Waals surface area contributed by atoms with Gasteiger partial charge >= 0.3 is 12.0 Å². The second-order valence-corrected chi connectivity index (χ2v) is 6.01. The maximum Gasteiger partial charge on any atom is 0.326 e. The number of fused-ring (bicyclic) bond motifs is 1. The van der Waals surface area contributed by atoms with Gasteiger partial charge in [0.15, 0.2) is 0 Å². The molecule has 1 aliphatic heterocycles. The Bertz CT molecular complexity index is 347. The van der Waals surface area contributed by atoms with Gasteiger partial charge in [0.2, 0.25) is 0 Å². The van der Waals surface area contributed by atoms with Crippen LogP contribution in [0, 0.1) is 17.8 Å². The fraction of sp³-hybridized carbons (Fsp3) is 0.857. The molecule has 3 unspecified atom stereocenters. The summed E-state index contributed by atoms with van der Waals surface area (Å²) >= 11 is 0.